The van der Waals surface area contributed by atoms with Crippen molar-refractivity contribution in [1.29, 1.82) is 0 Å². The van der Waals surface area contributed by atoms with Gasteiger partial charge in [0, 0.05) is 37.9 Å². The Morgan fingerprint density at radius 1 is 1.53 bits per heavy atom. The molecular weight excluding hydrogens is 249 g/mol. The molecule has 1 aromatic heterocycles. The van der Waals surface area contributed by atoms with Crippen LogP contribution in [0.2, 0.25) is 0 Å². The second-order valence-corrected chi connectivity index (χ2v) is 4.91. The Hall–Kier alpha value is -1.69. The van der Waals surface area contributed by atoms with Crippen molar-refractivity contribution in [1.82, 2.24) is 14.8 Å². The highest BCUT2D eigenvalue weighted by Crippen LogP contribution is 2.24. The third kappa shape index (κ3) is 3.01. The molecular formula is C13H18FN3O2. The summed E-state index contributed by atoms with van der Waals surface area (Å²) in [6, 6.07) is 3.30. The SMILES string of the molecule is C[C@H](c1ccc(F)nc1)N1CCN(C(=O)O)C[C@@H]1C. The number of piperazine rings is 1. The number of amides is 1. The van der Waals surface area contributed by atoms with Gasteiger partial charge in [-0.05, 0) is 25.5 Å². The summed E-state index contributed by atoms with van der Waals surface area (Å²) in [7, 11) is 0. The Labute approximate surface area is 111 Å². The van der Waals surface area contributed by atoms with Gasteiger partial charge in [-0.25, -0.2) is 9.78 Å². The molecule has 1 saturated heterocycles. The van der Waals surface area contributed by atoms with Crippen LogP contribution in [-0.4, -0.2) is 51.7 Å². The number of carbonyl (C=O) groups is 1. The maximum atomic E-state index is 12.8. The molecule has 0 aromatic carbocycles. The number of nitrogens with zero attached hydrogens (tertiary/aromatic N) is 3. The van der Waals surface area contributed by atoms with Crippen LogP contribution in [0.4, 0.5) is 9.18 Å². The quantitative estimate of drug-likeness (QED) is 0.832. The minimum absolute atomic E-state index is 0.0963. The molecule has 104 valence electrons. The van der Waals surface area contributed by atoms with Crippen molar-refractivity contribution in [3.63, 3.8) is 0 Å². The molecule has 1 fully saturated rings. The maximum Gasteiger partial charge on any atom is 0.407 e. The summed E-state index contributed by atoms with van der Waals surface area (Å²) >= 11 is 0. The van der Waals surface area contributed by atoms with Crippen molar-refractivity contribution in [2.75, 3.05) is 19.6 Å². The van der Waals surface area contributed by atoms with Gasteiger partial charge in [0.15, 0.2) is 0 Å². The predicted octanol–water partition coefficient (Wildman–Crippen LogP) is 1.97. The summed E-state index contributed by atoms with van der Waals surface area (Å²) < 4.78 is 12.8. The minimum atomic E-state index is -0.873. The van der Waals surface area contributed by atoms with E-state index in [9.17, 15) is 9.18 Å². The van der Waals surface area contributed by atoms with Crippen LogP contribution in [0.1, 0.15) is 25.5 Å². The number of pyridine rings is 1. The summed E-state index contributed by atoms with van der Waals surface area (Å²) in [6.45, 7) is 5.70. The molecule has 1 aliphatic heterocycles. The van der Waals surface area contributed by atoms with Crippen molar-refractivity contribution in [3.8, 4) is 0 Å². The van der Waals surface area contributed by atoms with Gasteiger partial charge in [-0.1, -0.05) is 6.07 Å². The number of aromatic nitrogens is 1. The van der Waals surface area contributed by atoms with Crippen molar-refractivity contribution in [2.24, 2.45) is 0 Å². The molecule has 6 heteroatoms. The molecule has 0 unspecified atom stereocenters. The first-order valence-electron chi connectivity index (χ1n) is 6.34. The van der Waals surface area contributed by atoms with Crippen LogP contribution in [0.15, 0.2) is 18.3 Å². The second kappa shape index (κ2) is 5.52. The first-order valence-corrected chi connectivity index (χ1v) is 6.34. The number of hydrogen-bond donors (Lipinski definition) is 1. The normalized spacial score (nSPS) is 22.3. The summed E-state index contributed by atoms with van der Waals surface area (Å²) in [6.07, 6.45) is 0.665. The van der Waals surface area contributed by atoms with Gasteiger partial charge in [0.2, 0.25) is 5.95 Å². The summed E-state index contributed by atoms with van der Waals surface area (Å²) in [4.78, 5) is 18.2. The van der Waals surface area contributed by atoms with E-state index in [4.69, 9.17) is 5.11 Å². The maximum absolute atomic E-state index is 12.8. The Balaban J connectivity index is 2.06. The van der Waals surface area contributed by atoms with Crippen LogP contribution in [0.5, 0.6) is 0 Å². The van der Waals surface area contributed by atoms with Gasteiger partial charge < -0.3 is 10.0 Å². The molecule has 0 saturated carbocycles. The Morgan fingerprint density at radius 2 is 2.26 bits per heavy atom. The zero-order valence-electron chi connectivity index (χ0n) is 11.1. The fourth-order valence-electron chi connectivity index (χ4n) is 2.55. The number of rotatable bonds is 2. The third-order valence-corrected chi connectivity index (χ3v) is 3.68. The predicted molar refractivity (Wildman–Crippen MR) is 68.4 cm³/mol. The van der Waals surface area contributed by atoms with Gasteiger partial charge in [0.1, 0.15) is 0 Å². The molecule has 0 bridgehead atoms. The van der Waals surface area contributed by atoms with Crippen LogP contribution in [0.25, 0.3) is 0 Å². The molecule has 2 heterocycles. The smallest absolute Gasteiger partial charge is 0.407 e. The van der Waals surface area contributed by atoms with E-state index in [2.05, 4.69) is 9.88 Å². The van der Waals surface area contributed by atoms with Crippen LogP contribution < -0.4 is 0 Å². The average Bonchev–Trinajstić information content (AvgIpc) is 2.38. The van der Waals surface area contributed by atoms with E-state index in [1.54, 1.807) is 6.07 Å². The zero-order valence-corrected chi connectivity index (χ0v) is 11.1. The number of carboxylic acid groups (broad SMARTS) is 1. The lowest BCUT2D eigenvalue weighted by molar-refractivity contribution is 0.0529. The first-order chi connectivity index (χ1) is 8.99. The average molecular weight is 267 g/mol. The zero-order chi connectivity index (χ0) is 14.0. The van der Waals surface area contributed by atoms with E-state index in [-0.39, 0.29) is 12.1 Å². The Bertz CT molecular complexity index is 452. The van der Waals surface area contributed by atoms with E-state index in [1.165, 1.54) is 17.2 Å². The van der Waals surface area contributed by atoms with Crippen molar-refractivity contribution in [3.05, 3.63) is 29.8 Å². The molecule has 5 nitrogen and oxygen atoms in total. The molecule has 0 aliphatic carbocycles. The Morgan fingerprint density at radius 3 is 2.79 bits per heavy atom. The third-order valence-electron chi connectivity index (χ3n) is 3.68. The van der Waals surface area contributed by atoms with Crippen LogP contribution >= 0.6 is 0 Å². The van der Waals surface area contributed by atoms with Gasteiger partial charge in [-0.2, -0.15) is 4.39 Å². The van der Waals surface area contributed by atoms with E-state index in [1.807, 2.05) is 13.8 Å². The monoisotopic (exact) mass is 267 g/mol. The van der Waals surface area contributed by atoms with Gasteiger partial charge in [-0.15, -0.1) is 0 Å². The number of halogens is 1. The highest BCUT2D eigenvalue weighted by Gasteiger charge is 2.29. The lowest BCUT2D eigenvalue weighted by atomic mass is 10.1. The summed E-state index contributed by atoms with van der Waals surface area (Å²) in [5.74, 6) is -0.486. The van der Waals surface area contributed by atoms with E-state index >= 15 is 0 Å². The minimum Gasteiger partial charge on any atom is -0.465 e. The van der Waals surface area contributed by atoms with Crippen molar-refractivity contribution < 1.29 is 14.3 Å². The van der Waals surface area contributed by atoms with Crippen LogP contribution in [0, 0.1) is 5.95 Å². The summed E-state index contributed by atoms with van der Waals surface area (Å²) in [5, 5.41) is 8.98. The molecule has 1 N–H and O–H groups in total. The number of hydrogen-bond acceptors (Lipinski definition) is 3. The van der Waals surface area contributed by atoms with Crippen LogP contribution in [0.3, 0.4) is 0 Å². The van der Waals surface area contributed by atoms with Gasteiger partial charge in [0.05, 0.1) is 0 Å². The molecule has 2 rings (SSSR count). The van der Waals surface area contributed by atoms with E-state index < -0.39 is 12.0 Å². The molecule has 1 amide bonds. The first kappa shape index (κ1) is 13.7. The highest BCUT2D eigenvalue weighted by molar-refractivity contribution is 5.65. The van der Waals surface area contributed by atoms with Gasteiger partial charge in [-0.3, -0.25) is 4.90 Å². The largest absolute Gasteiger partial charge is 0.465 e. The Kier molecular flexibility index (Phi) is 3.99. The lowest BCUT2D eigenvalue weighted by Crippen LogP contribution is -2.53. The lowest BCUT2D eigenvalue weighted by Gasteiger charge is -2.42. The topological polar surface area (TPSA) is 56.7 Å². The van der Waals surface area contributed by atoms with E-state index in [0.29, 0.717) is 19.6 Å². The van der Waals surface area contributed by atoms with E-state index in [0.717, 1.165) is 5.56 Å². The fraction of sp³-hybridized carbons (Fsp3) is 0.538. The fourth-order valence-corrected chi connectivity index (χ4v) is 2.55. The molecule has 1 aromatic rings. The van der Waals surface area contributed by atoms with Gasteiger partial charge >= 0.3 is 6.09 Å². The molecule has 19 heavy (non-hydrogen) atoms. The van der Waals surface area contributed by atoms with Crippen molar-refractivity contribution >= 4 is 6.09 Å². The van der Waals surface area contributed by atoms with Crippen LogP contribution in [-0.2, 0) is 0 Å². The van der Waals surface area contributed by atoms with Gasteiger partial charge in [0.25, 0.3) is 0 Å². The molecule has 2 atom stereocenters. The molecule has 0 spiro atoms. The highest BCUT2D eigenvalue weighted by atomic mass is 19.1. The van der Waals surface area contributed by atoms with Crippen molar-refractivity contribution in [2.45, 2.75) is 25.9 Å². The second-order valence-electron chi connectivity index (χ2n) is 4.91. The molecule has 1 aliphatic rings. The summed E-state index contributed by atoms with van der Waals surface area (Å²) in [5.41, 5.74) is 0.942. The molecule has 0 radical (unpaired) electrons. The standard InChI is InChI=1S/C13H18FN3O2/c1-9-8-16(13(18)19)5-6-17(9)10(2)11-3-4-12(14)15-7-11/h3-4,7,9-10H,5-6,8H2,1-2H3,(H,18,19)/t9-,10+/m0/s1.